The molecular weight excluding hydrogens is 506 g/mol. The first-order valence-corrected chi connectivity index (χ1v) is 11.3. The number of imidazole rings is 2. The molecule has 0 aliphatic rings. The normalized spacial score (nSPS) is 13.9. The monoisotopic (exact) mass is 535 g/mol. The Balaban J connectivity index is 2.20. The molecule has 2 aromatic rings. The number of primary amides is 1. The summed E-state index contributed by atoms with van der Waals surface area (Å²) in [4.78, 5) is 85.5. The van der Waals surface area contributed by atoms with E-state index in [4.69, 9.17) is 16.6 Å². The zero-order valence-corrected chi connectivity index (χ0v) is 20.0. The average molecular weight is 536 g/mol. The SMILES string of the molecule is NC(=O)CC(N)C(=O)NC(Cc1cnc[nH]1)C(=O)NC(CCC(=O)O)C(=O)NC(Cc1cnc[nH]1)C(=O)O. The van der Waals surface area contributed by atoms with E-state index in [1.54, 1.807) is 0 Å². The molecule has 17 nitrogen and oxygen atoms in total. The summed E-state index contributed by atoms with van der Waals surface area (Å²) in [6.07, 6.45) is 3.74. The van der Waals surface area contributed by atoms with E-state index in [0.717, 1.165) is 0 Å². The first-order chi connectivity index (χ1) is 18.0. The molecule has 4 atom stereocenters. The Bertz CT molecular complexity index is 1120. The van der Waals surface area contributed by atoms with Gasteiger partial charge in [-0.3, -0.25) is 24.0 Å². The van der Waals surface area contributed by atoms with Crippen molar-refractivity contribution in [2.45, 2.75) is 56.3 Å². The zero-order valence-electron chi connectivity index (χ0n) is 20.0. The van der Waals surface area contributed by atoms with Crippen molar-refractivity contribution in [1.29, 1.82) is 0 Å². The second-order valence-corrected chi connectivity index (χ2v) is 8.29. The summed E-state index contributed by atoms with van der Waals surface area (Å²) in [5.74, 6) is -6.20. The molecule has 0 aromatic carbocycles. The van der Waals surface area contributed by atoms with Crippen molar-refractivity contribution in [2.24, 2.45) is 11.5 Å². The summed E-state index contributed by atoms with van der Waals surface area (Å²) >= 11 is 0. The third-order valence-electron chi connectivity index (χ3n) is 5.24. The van der Waals surface area contributed by atoms with Gasteiger partial charge >= 0.3 is 11.9 Å². The molecule has 0 aliphatic carbocycles. The number of aromatic nitrogens is 4. The van der Waals surface area contributed by atoms with Crippen LogP contribution in [-0.4, -0.2) is 89.9 Å². The van der Waals surface area contributed by atoms with E-state index in [2.05, 4.69) is 35.9 Å². The van der Waals surface area contributed by atoms with Gasteiger partial charge in [0.15, 0.2) is 0 Å². The molecule has 4 unspecified atom stereocenters. The number of carbonyl (C=O) groups excluding carboxylic acids is 4. The lowest BCUT2D eigenvalue weighted by molar-refractivity contribution is -0.143. The molecule has 11 N–H and O–H groups in total. The highest BCUT2D eigenvalue weighted by atomic mass is 16.4. The van der Waals surface area contributed by atoms with Crippen molar-refractivity contribution in [3.63, 3.8) is 0 Å². The highest BCUT2D eigenvalue weighted by Crippen LogP contribution is 2.06. The van der Waals surface area contributed by atoms with Gasteiger partial charge in [-0.2, -0.15) is 0 Å². The number of hydrogen-bond donors (Lipinski definition) is 9. The highest BCUT2D eigenvalue weighted by Gasteiger charge is 2.31. The third-order valence-corrected chi connectivity index (χ3v) is 5.24. The first-order valence-electron chi connectivity index (χ1n) is 11.3. The molecule has 4 amide bonds. The van der Waals surface area contributed by atoms with Crippen molar-refractivity contribution in [3.05, 3.63) is 36.4 Å². The van der Waals surface area contributed by atoms with Gasteiger partial charge in [-0.05, 0) is 6.42 Å². The molecule has 2 rings (SSSR count). The van der Waals surface area contributed by atoms with Gasteiger partial charge in [-0.1, -0.05) is 0 Å². The Morgan fingerprint density at radius 3 is 1.79 bits per heavy atom. The molecule has 0 aliphatic heterocycles. The lowest BCUT2D eigenvalue weighted by Gasteiger charge is -2.24. The molecular formula is C21H29N9O8. The Morgan fingerprint density at radius 2 is 1.32 bits per heavy atom. The molecule has 0 saturated carbocycles. The van der Waals surface area contributed by atoms with Crippen LogP contribution in [0, 0.1) is 0 Å². The van der Waals surface area contributed by atoms with Crippen molar-refractivity contribution < 1.29 is 39.0 Å². The third kappa shape index (κ3) is 9.69. The summed E-state index contributed by atoms with van der Waals surface area (Å²) in [6, 6.07) is -5.57. The van der Waals surface area contributed by atoms with E-state index in [1.807, 2.05) is 0 Å². The van der Waals surface area contributed by atoms with E-state index in [1.165, 1.54) is 25.0 Å². The number of aromatic amines is 2. The van der Waals surface area contributed by atoms with E-state index >= 15 is 0 Å². The number of nitrogens with one attached hydrogen (secondary N) is 5. The van der Waals surface area contributed by atoms with Crippen molar-refractivity contribution >= 4 is 35.6 Å². The Kier molecular flexibility index (Phi) is 10.9. The molecule has 2 heterocycles. The topological polar surface area (TPSA) is 288 Å². The minimum Gasteiger partial charge on any atom is -0.481 e. The summed E-state index contributed by atoms with van der Waals surface area (Å²) in [7, 11) is 0. The number of amides is 4. The highest BCUT2D eigenvalue weighted by molar-refractivity contribution is 5.95. The average Bonchev–Trinajstić information content (AvgIpc) is 3.54. The predicted octanol–water partition coefficient (Wildman–Crippen LogP) is -3.48. The Morgan fingerprint density at radius 1 is 0.816 bits per heavy atom. The fourth-order valence-electron chi connectivity index (χ4n) is 3.31. The van der Waals surface area contributed by atoms with Crippen LogP contribution in [0.4, 0.5) is 0 Å². The smallest absolute Gasteiger partial charge is 0.326 e. The minimum absolute atomic E-state index is 0.133. The maximum Gasteiger partial charge on any atom is 0.326 e. The van der Waals surface area contributed by atoms with Gasteiger partial charge in [0, 0.05) is 43.0 Å². The fraction of sp³-hybridized carbons (Fsp3) is 0.429. The quantitative estimate of drug-likeness (QED) is 0.102. The summed E-state index contributed by atoms with van der Waals surface area (Å²) < 4.78 is 0. The van der Waals surface area contributed by atoms with Crippen LogP contribution in [0.1, 0.15) is 30.7 Å². The van der Waals surface area contributed by atoms with Crippen molar-refractivity contribution in [2.75, 3.05) is 0 Å². The van der Waals surface area contributed by atoms with Gasteiger partial charge in [-0.25, -0.2) is 14.8 Å². The van der Waals surface area contributed by atoms with E-state index in [9.17, 15) is 33.9 Å². The van der Waals surface area contributed by atoms with Crippen LogP contribution in [0.25, 0.3) is 0 Å². The van der Waals surface area contributed by atoms with Gasteiger partial charge in [0.05, 0.1) is 25.1 Å². The summed E-state index contributed by atoms with van der Waals surface area (Å²) in [6.45, 7) is 0. The van der Waals surface area contributed by atoms with Gasteiger partial charge in [0.2, 0.25) is 23.6 Å². The lowest BCUT2D eigenvalue weighted by Crippen LogP contribution is -2.58. The molecule has 0 saturated heterocycles. The van der Waals surface area contributed by atoms with Gasteiger partial charge in [0.25, 0.3) is 0 Å². The summed E-state index contributed by atoms with van der Waals surface area (Å²) in [5.41, 5.74) is 11.6. The van der Waals surface area contributed by atoms with Crippen molar-refractivity contribution in [3.8, 4) is 0 Å². The van der Waals surface area contributed by atoms with Crippen LogP contribution in [0.2, 0.25) is 0 Å². The molecule has 38 heavy (non-hydrogen) atoms. The van der Waals surface area contributed by atoms with Gasteiger partial charge < -0.3 is 47.6 Å². The van der Waals surface area contributed by atoms with Gasteiger partial charge in [0.1, 0.15) is 18.1 Å². The number of aliphatic carboxylic acids is 2. The number of nitrogens with zero attached hydrogens (tertiary/aromatic N) is 2. The predicted molar refractivity (Wildman–Crippen MR) is 127 cm³/mol. The Labute approximate surface area is 215 Å². The first kappa shape index (κ1) is 29.4. The second kappa shape index (κ2) is 14.1. The number of rotatable bonds is 16. The number of nitrogens with two attached hydrogens (primary N) is 2. The van der Waals surface area contributed by atoms with E-state index in [0.29, 0.717) is 11.4 Å². The Hall–Kier alpha value is -4.80. The molecule has 0 fully saturated rings. The fourth-order valence-corrected chi connectivity index (χ4v) is 3.31. The molecule has 2 aromatic heterocycles. The van der Waals surface area contributed by atoms with Crippen LogP contribution in [0.3, 0.4) is 0 Å². The van der Waals surface area contributed by atoms with E-state index in [-0.39, 0.29) is 19.3 Å². The largest absolute Gasteiger partial charge is 0.481 e. The number of H-pyrrole nitrogens is 2. The van der Waals surface area contributed by atoms with Crippen LogP contribution in [0.5, 0.6) is 0 Å². The molecule has 0 radical (unpaired) electrons. The molecule has 0 bridgehead atoms. The second-order valence-electron chi connectivity index (χ2n) is 8.29. The van der Waals surface area contributed by atoms with E-state index < -0.39 is 72.6 Å². The molecule has 206 valence electrons. The number of carboxylic acid groups (broad SMARTS) is 2. The van der Waals surface area contributed by atoms with Crippen LogP contribution in [-0.2, 0) is 41.6 Å². The van der Waals surface area contributed by atoms with Gasteiger partial charge in [-0.15, -0.1) is 0 Å². The number of hydrogen-bond acceptors (Lipinski definition) is 9. The van der Waals surface area contributed by atoms with Crippen LogP contribution >= 0.6 is 0 Å². The maximum absolute atomic E-state index is 13.1. The standard InChI is InChI=1S/C21H29N9O8/c22-12(5-16(23)31)18(34)29-14(3-10-6-24-8-26-10)20(36)28-13(1-2-17(32)33)19(35)30-15(21(37)38)4-11-7-25-9-27-11/h6-9,12-15H,1-5,22H2,(H2,23,31)(H,24,26)(H,25,27)(H,28,36)(H,29,34)(H,30,35)(H,32,33)(H,37,38). The van der Waals surface area contributed by atoms with Crippen LogP contribution < -0.4 is 27.4 Å². The summed E-state index contributed by atoms with van der Waals surface area (Å²) in [5, 5.41) is 25.6. The maximum atomic E-state index is 13.1. The van der Waals surface area contributed by atoms with Crippen LogP contribution in [0.15, 0.2) is 25.0 Å². The molecule has 0 spiro atoms. The lowest BCUT2D eigenvalue weighted by atomic mass is 10.1. The number of carbonyl (C=O) groups is 6. The minimum atomic E-state index is -1.47. The number of carboxylic acids is 2. The molecule has 17 heteroatoms. The zero-order chi connectivity index (χ0) is 28.2. The van der Waals surface area contributed by atoms with Crippen molar-refractivity contribution in [1.82, 2.24) is 35.9 Å².